The van der Waals surface area contributed by atoms with Gasteiger partial charge in [-0.05, 0) is 74.2 Å². The quantitative estimate of drug-likeness (QED) is 0.322. The van der Waals surface area contributed by atoms with Gasteiger partial charge in [0.1, 0.15) is 5.82 Å². The van der Waals surface area contributed by atoms with E-state index in [-0.39, 0.29) is 11.8 Å². The molecule has 1 N–H and O–H groups in total. The van der Waals surface area contributed by atoms with Gasteiger partial charge in [-0.15, -0.1) is 11.8 Å². The van der Waals surface area contributed by atoms with E-state index >= 15 is 0 Å². The molecule has 176 valence electrons. The van der Waals surface area contributed by atoms with Crippen molar-refractivity contribution in [1.29, 1.82) is 0 Å². The third kappa shape index (κ3) is 4.44. The number of hydrogen-bond acceptors (Lipinski definition) is 5. The number of amides is 2. The second-order valence-electron chi connectivity index (χ2n) is 8.26. The summed E-state index contributed by atoms with van der Waals surface area (Å²) in [4.78, 5) is 20.5. The third-order valence-electron chi connectivity index (χ3n) is 5.98. The van der Waals surface area contributed by atoms with E-state index in [2.05, 4.69) is 10.5 Å². The van der Waals surface area contributed by atoms with Crippen LogP contribution in [0.3, 0.4) is 0 Å². The zero-order valence-corrected chi connectivity index (χ0v) is 20.3. The molecule has 0 bridgehead atoms. The molecule has 2 heterocycles. The van der Waals surface area contributed by atoms with E-state index in [1.54, 1.807) is 23.9 Å². The Kier molecular flexibility index (Phi) is 6.13. The summed E-state index contributed by atoms with van der Waals surface area (Å²) in [5.74, 6) is 0.393. The number of aryl methyl sites for hydroxylation is 1. The van der Waals surface area contributed by atoms with Crippen LogP contribution in [0.5, 0.6) is 0 Å². The summed E-state index contributed by atoms with van der Waals surface area (Å²) in [6.07, 6.45) is 2.02. The first-order valence-corrected chi connectivity index (χ1v) is 12.3. The normalized spacial score (nSPS) is 15.9. The van der Waals surface area contributed by atoms with Crippen LogP contribution in [-0.2, 0) is 0 Å². The van der Waals surface area contributed by atoms with Crippen LogP contribution in [0.15, 0.2) is 87.9 Å². The molecular formula is C27H23FN4O2S. The van der Waals surface area contributed by atoms with Crippen LogP contribution in [-0.4, -0.2) is 22.4 Å². The number of carbonyl (C=O) groups excluding carboxylic acids is 1. The average Bonchev–Trinajstić information content (AvgIpc) is 3.35. The number of aromatic nitrogens is 2. The van der Waals surface area contributed by atoms with Crippen molar-refractivity contribution in [1.82, 2.24) is 15.5 Å². The minimum Gasteiger partial charge on any atom is -0.334 e. The van der Waals surface area contributed by atoms with Gasteiger partial charge in [0.05, 0.1) is 17.3 Å². The second kappa shape index (κ2) is 9.38. The molecule has 1 aliphatic rings. The molecule has 6 nitrogen and oxygen atoms in total. The number of anilines is 1. The van der Waals surface area contributed by atoms with Crippen LogP contribution in [0.2, 0.25) is 0 Å². The summed E-state index contributed by atoms with van der Waals surface area (Å²) in [5.41, 5.74) is 4.67. The van der Waals surface area contributed by atoms with Gasteiger partial charge >= 0.3 is 6.03 Å². The van der Waals surface area contributed by atoms with Gasteiger partial charge in [-0.1, -0.05) is 35.0 Å². The molecule has 0 aliphatic carbocycles. The van der Waals surface area contributed by atoms with E-state index in [9.17, 15) is 9.18 Å². The summed E-state index contributed by atoms with van der Waals surface area (Å²) in [6, 6.07) is 20.8. The maximum absolute atomic E-state index is 13.6. The Morgan fingerprint density at radius 3 is 2.31 bits per heavy atom. The summed E-state index contributed by atoms with van der Waals surface area (Å²) in [7, 11) is 0. The van der Waals surface area contributed by atoms with Gasteiger partial charge in [-0.2, -0.15) is 4.98 Å². The number of carbonyl (C=O) groups is 1. The van der Waals surface area contributed by atoms with Crippen molar-refractivity contribution in [2.24, 2.45) is 0 Å². The molecule has 5 rings (SSSR count). The first kappa shape index (κ1) is 22.9. The van der Waals surface area contributed by atoms with Gasteiger partial charge in [0.2, 0.25) is 5.82 Å². The number of benzene rings is 3. The number of nitrogens with zero attached hydrogens (tertiary/aromatic N) is 3. The van der Waals surface area contributed by atoms with Crippen LogP contribution < -0.4 is 10.2 Å². The lowest BCUT2D eigenvalue weighted by atomic mass is 9.94. The molecule has 0 spiro atoms. The number of thioether (sulfide) groups is 1. The van der Waals surface area contributed by atoms with Gasteiger partial charge in [-0.25, -0.2) is 9.18 Å². The number of halogens is 1. The molecule has 1 aliphatic heterocycles. The van der Waals surface area contributed by atoms with Crippen molar-refractivity contribution in [2.75, 3.05) is 11.2 Å². The Labute approximate surface area is 206 Å². The minimum atomic E-state index is -0.494. The Bertz CT molecular complexity index is 1400. The van der Waals surface area contributed by atoms with Crippen LogP contribution in [0.1, 0.15) is 30.0 Å². The zero-order valence-electron chi connectivity index (χ0n) is 19.4. The number of rotatable bonds is 5. The molecule has 1 atom stereocenters. The lowest BCUT2D eigenvalue weighted by Crippen LogP contribution is -2.46. The maximum atomic E-state index is 13.6. The molecule has 2 amide bonds. The van der Waals surface area contributed by atoms with Crippen LogP contribution in [0, 0.1) is 12.7 Å². The maximum Gasteiger partial charge on any atom is 0.326 e. The largest absolute Gasteiger partial charge is 0.334 e. The number of urea groups is 1. The highest BCUT2D eigenvalue weighted by Crippen LogP contribution is 2.39. The molecule has 8 heteroatoms. The fourth-order valence-electron chi connectivity index (χ4n) is 4.12. The van der Waals surface area contributed by atoms with Gasteiger partial charge in [0, 0.05) is 16.2 Å². The highest BCUT2D eigenvalue weighted by atomic mass is 32.2. The van der Waals surface area contributed by atoms with Gasteiger partial charge in [0.25, 0.3) is 5.89 Å². The standard InChI is InChI=1S/C27H23FN4O2S/c1-16-4-6-18(7-5-16)24-23(17(2)32(27(33)29-24)21-12-10-20(28)11-13-21)26-30-25(31-34-26)19-8-14-22(35-3)15-9-19/h4-15,24H,1-3H3,(H,29,33). The Morgan fingerprint density at radius 1 is 0.971 bits per heavy atom. The number of allylic oxidation sites excluding steroid dienone is 1. The lowest BCUT2D eigenvalue weighted by Gasteiger charge is -2.35. The fourth-order valence-corrected chi connectivity index (χ4v) is 4.53. The van der Waals surface area contributed by atoms with Crippen molar-refractivity contribution in [3.63, 3.8) is 0 Å². The van der Waals surface area contributed by atoms with E-state index in [1.165, 1.54) is 17.0 Å². The molecule has 0 saturated carbocycles. The molecule has 35 heavy (non-hydrogen) atoms. The Morgan fingerprint density at radius 2 is 1.66 bits per heavy atom. The van der Waals surface area contributed by atoms with Crippen molar-refractivity contribution in [3.05, 3.63) is 101 Å². The van der Waals surface area contributed by atoms with Crippen LogP contribution in [0.4, 0.5) is 14.9 Å². The predicted molar refractivity (Wildman–Crippen MR) is 135 cm³/mol. The average molecular weight is 487 g/mol. The predicted octanol–water partition coefficient (Wildman–Crippen LogP) is 6.61. The monoisotopic (exact) mass is 486 g/mol. The van der Waals surface area contributed by atoms with Crippen molar-refractivity contribution >= 4 is 29.1 Å². The summed E-state index contributed by atoms with van der Waals surface area (Å²) < 4.78 is 19.3. The molecule has 0 saturated heterocycles. The Hall–Kier alpha value is -3.91. The van der Waals surface area contributed by atoms with E-state index in [0.29, 0.717) is 28.7 Å². The summed E-state index contributed by atoms with van der Waals surface area (Å²) in [5, 5.41) is 7.28. The Balaban J connectivity index is 1.62. The highest BCUT2D eigenvalue weighted by Gasteiger charge is 2.36. The van der Waals surface area contributed by atoms with E-state index < -0.39 is 6.04 Å². The summed E-state index contributed by atoms with van der Waals surface area (Å²) in [6.45, 7) is 3.84. The first-order chi connectivity index (χ1) is 16.9. The molecule has 1 unspecified atom stereocenters. The van der Waals surface area contributed by atoms with E-state index in [1.807, 2.05) is 68.6 Å². The highest BCUT2D eigenvalue weighted by molar-refractivity contribution is 7.98. The lowest BCUT2D eigenvalue weighted by molar-refractivity contribution is 0.244. The zero-order chi connectivity index (χ0) is 24.5. The van der Waals surface area contributed by atoms with Gasteiger partial charge in [-0.3, -0.25) is 4.90 Å². The fraction of sp³-hybridized carbons (Fsp3) is 0.148. The topological polar surface area (TPSA) is 71.3 Å². The molecule has 1 aromatic heterocycles. The SMILES string of the molecule is CSc1ccc(-c2noc(C3=C(C)N(c4ccc(F)cc4)C(=O)NC3c3ccc(C)cc3)n2)cc1. The van der Waals surface area contributed by atoms with Crippen molar-refractivity contribution in [2.45, 2.75) is 24.8 Å². The third-order valence-corrected chi connectivity index (χ3v) is 6.73. The van der Waals surface area contributed by atoms with Crippen molar-refractivity contribution < 1.29 is 13.7 Å². The number of hydrogen-bond donors (Lipinski definition) is 1. The van der Waals surface area contributed by atoms with Crippen LogP contribution in [0.25, 0.3) is 17.0 Å². The second-order valence-corrected chi connectivity index (χ2v) is 9.14. The van der Waals surface area contributed by atoms with E-state index in [0.717, 1.165) is 21.6 Å². The summed E-state index contributed by atoms with van der Waals surface area (Å²) >= 11 is 1.66. The first-order valence-electron chi connectivity index (χ1n) is 11.1. The van der Waals surface area contributed by atoms with E-state index in [4.69, 9.17) is 9.51 Å². The minimum absolute atomic E-state index is 0.309. The van der Waals surface area contributed by atoms with Gasteiger partial charge < -0.3 is 9.84 Å². The van der Waals surface area contributed by atoms with Crippen LogP contribution >= 0.6 is 11.8 Å². The van der Waals surface area contributed by atoms with Gasteiger partial charge in [0.15, 0.2) is 0 Å². The molecule has 0 radical (unpaired) electrons. The number of nitrogens with one attached hydrogen (secondary N) is 1. The smallest absolute Gasteiger partial charge is 0.326 e. The molecule has 3 aromatic carbocycles. The molecule has 0 fully saturated rings. The molecule has 4 aromatic rings. The van der Waals surface area contributed by atoms with Crippen molar-refractivity contribution in [3.8, 4) is 11.4 Å². The molecular weight excluding hydrogens is 463 g/mol.